The highest BCUT2D eigenvalue weighted by atomic mass is 19.1. The van der Waals surface area contributed by atoms with Crippen LogP contribution >= 0.6 is 0 Å². The van der Waals surface area contributed by atoms with Crippen molar-refractivity contribution >= 4 is 33.3 Å². The topological polar surface area (TPSA) is 97.4 Å². The summed E-state index contributed by atoms with van der Waals surface area (Å²) in [4.78, 5) is 14.0. The molecule has 4 fully saturated rings. The Morgan fingerprint density at radius 3 is 2.72 bits per heavy atom. The number of nitrogens with two attached hydrogens (primary N) is 1. The lowest BCUT2D eigenvalue weighted by Gasteiger charge is -2.34. The third kappa shape index (κ3) is 4.42. The predicted molar refractivity (Wildman–Crippen MR) is 164 cm³/mol. The average Bonchev–Trinajstić information content (AvgIpc) is 3.73. The predicted octanol–water partition coefficient (Wildman–Crippen LogP) is 4.84. The van der Waals surface area contributed by atoms with E-state index in [1.54, 1.807) is 6.20 Å². The molecule has 3 N–H and O–H groups in total. The molecule has 6 heterocycles. The summed E-state index contributed by atoms with van der Waals surface area (Å²) in [5, 5.41) is 9.74. The maximum absolute atomic E-state index is 16.8. The van der Waals surface area contributed by atoms with Crippen LogP contribution in [0.2, 0.25) is 0 Å². The molecule has 4 aliphatic heterocycles. The Balaban J connectivity index is 1.26. The molecule has 4 aliphatic rings. The molecule has 8 rings (SSSR count). The van der Waals surface area contributed by atoms with E-state index in [0.29, 0.717) is 53.1 Å². The Labute approximate surface area is 249 Å². The zero-order valence-electron chi connectivity index (χ0n) is 24.7. The normalized spacial score (nSPS) is 27.2. The van der Waals surface area contributed by atoms with Crippen LogP contribution in [0.5, 0.6) is 6.01 Å². The third-order valence-electron chi connectivity index (χ3n) is 10.0. The number of benzene rings is 2. The highest BCUT2D eigenvalue weighted by molar-refractivity contribution is 6.00. The van der Waals surface area contributed by atoms with E-state index in [-0.39, 0.29) is 29.7 Å². The standard InChI is InChI=1S/C32H38F2N8O/c1-18(2)42-29-19(13-36-42)10-21(35)11-26(29)24-6-7-25-28(27(24)34)38-31(39-30(25)40-15-22-4-5-23(16-40)37-22)43-17-32-8-3-9-41(32)14-20(33)12-32/h6-7,10-11,13,18,20,22-23,37H,3-5,8-9,12,14-17,35H2,1-2H3/t20-,22-,23+,32+/m1/s1. The largest absolute Gasteiger partial charge is 0.461 e. The number of halogens is 2. The molecule has 4 atom stereocenters. The minimum Gasteiger partial charge on any atom is -0.461 e. The van der Waals surface area contributed by atoms with Gasteiger partial charge in [-0.15, -0.1) is 0 Å². The second kappa shape index (κ2) is 9.99. The maximum atomic E-state index is 16.8. The van der Waals surface area contributed by atoms with E-state index in [2.05, 4.69) is 20.2 Å². The van der Waals surface area contributed by atoms with Crippen LogP contribution in [0.3, 0.4) is 0 Å². The van der Waals surface area contributed by atoms with Crippen molar-refractivity contribution in [2.45, 2.75) is 75.8 Å². The summed E-state index contributed by atoms with van der Waals surface area (Å²) in [6.45, 7) is 7.27. The number of alkyl halides is 1. The maximum Gasteiger partial charge on any atom is 0.319 e. The Kier molecular flexibility index (Phi) is 6.27. The van der Waals surface area contributed by atoms with Gasteiger partial charge in [0.25, 0.3) is 0 Å². The van der Waals surface area contributed by atoms with Gasteiger partial charge in [-0.05, 0) is 64.3 Å². The molecule has 11 heteroatoms. The molecular weight excluding hydrogens is 550 g/mol. The first kappa shape index (κ1) is 27.0. The molecule has 0 saturated carbocycles. The van der Waals surface area contributed by atoms with E-state index in [1.165, 1.54) is 0 Å². The average molecular weight is 589 g/mol. The molecule has 2 aromatic heterocycles. The lowest BCUT2D eigenvalue weighted by molar-refractivity contribution is 0.107. The fourth-order valence-electron chi connectivity index (χ4n) is 8.07. The van der Waals surface area contributed by atoms with Crippen LogP contribution in [0.15, 0.2) is 30.5 Å². The van der Waals surface area contributed by atoms with Crippen molar-refractivity contribution < 1.29 is 13.5 Å². The number of fused-ring (bicyclic) bond motifs is 5. The lowest BCUT2D eigenvalue weighted by Crippen LogP contribution is -2.51. The van der Waals surface area contributed by atoms with Gasteiger partial charge in [0.15, 0.2) is 5.82 Å². The first-order chi connectivity index (χ1) is 20.8. The van der Waals surface area contributed by atoms with Gasteiger partial charge in [-0.2, -0.15) is 15.1 Å². The zero-order valence-corrected chi connectivity index (χ0v) is 24.7. The van der Waals surface area contributed by atoms with Crippen molar-refractivity contribution in [3.8, 4) is 17.1 Å². The van der Waals surface area contributed by atoms with E-state index in [4.69, 9.17) is 20.4 Å². The second-order valence-corrected chi connectivity index (χ2v) is 13.2. The number of ether oxygens (including phenoxy) is 1. The van der Waals surface area contributed by atoms with Gasteiger partial charge in [0.1, 0.15) is 24.1 Å². The lowest BCUT2D eigenvalue weighted by atomic mass is 9.95. The Morgan fingerprint density at radius 2 is 1.93 bits per heavy atom. The van der Waals surface area contributed by atoms with Gasteiger partial charge in [-0.3, -0.25) is 9.58 Å². The number of hydrogen-bond acceptors (Lipinski definition) is 8. The van der Waals surface area contributed by atoms with E-state index in [9.17, 15) is 4.39 Å². The number of nitrogens with zero attached hydrogens (tertiary/aromatic N) is 6. The second-order valence-electron chi connectivity index (χ2n) is 13.2. The quantitative estimate of drug-likeness (QED) is 0.309. The summed E-state index contributed by atoms with van der Waals surface area (Å²) in [5.74, 6) is 0.238. The van der Waals surface area contributed by atoms with Gasteiger partial charge in [-0.1, -0.05) is 6.07 Å². The highest BCUT2D eigenvalue weighted by Crippen LogP contribution is 2.42. The zero-order chi connectivity index (χ0) is 29.5. The Morgan fingerprint density at radius 1 is 1.12 bits per heavy atom. The monoisotopic (exact) mass is 588 g/mol. The third-order valence-corrected chi connectivity index (χ3v) is 10.0. The molecule has 0 aliphatic carbocycles. The Bertz CT molecular complexity index is 1710. The Hall–Kier alpha value is -3.57. The molecule has 4 aromatic rings. The highest BCUT2D eigenvalue weighted by Gasteiger charge is 2.49. The molecular formula is C32H38F2N8O. The van der Waals surface area contributed by atoms with E-state index in [1.807, 2.05) is 42.8 Å². The van der Waals surface area contributed by atoms with Gasteiger partial charge < -0.3 is 20.7 Å². The van der Waals surface area contributed by atoms with Crippen LogP contribution in [-0.2, 0) is 0 Å². The fourth-order valence-corrected chi connectivity index (χ4v) is 8.07. The first-order valence-corrected chi connectivity index (χ1v) is 15.6. The molecule has 226 valence electrons. The van der Waals surface area contributed by atoms with Gasteiger partial charge in [0, 0.05) is 71.8 Å². The summed E-state index contributed by atoms with van der Waals surface area (Å²) in [6, 6.07) is 8.37. The molecule has 2 aromatic carbocycles. The molecule has 4 saturated heterocycles. The van der Waals surface area contributed by atoms with Gasteiger partial charge in [0.05, 0.1) is 17.3 Å². The summed E-state index contributed by atoms with van der Waals surface area (Å²) in [7, 11) is 0. The number of aromatic nitrogens is 4. The number of nitrogen functional groups attached to an aromatic ring is 1. The van der Waals surface area contributed by atoms with Crippen molar-refractivity contribution in [2.75, 3.05) is 43.4 Å². The van der Waals surface area contributed by atoms with Gasteiger partial charge in [0.2, 0.25) is 0 Å². The molecule has 0 unspecified atom stereocenters. The van der Waals surface area contributed by atoms with Crippen LogP contribution in [0.4, 0.5) is 20.3 Å². The molecule has 0 spiro atoms. The summed E-state index contributed by atoms with van der Waals surface area (Å²) >= 11 is 0. The summed E-state index contributed by atoms with van der Waals surface area (Å²) < 4.78 is 39.5. The van der Waals surface area contributed by atoms with Crippen LogP contribution in [0, 0.1) is 5.82 Å². The van der Waals surface area contributed by atoms with Crippen molar-refractivity contribution in [1.82, 2.24) is 30.0 Å². The smallest absolute Gasteiger partial charge is 0.319 e. The fraction of sp³-hybridized carbons (Fsp3) is 0.531. The van der Waals surface area contributed by atoms with Crippen LogP contribution in [-0.4, -0.2) is 81.2 Å². The SMILES string of the molecule is CC(C)n1ncc2cc(N)cc(-c3ccc4c(N5C[C@H]6CC[C@@H](C5)N6)nc(OC[C@@]56CCCN5C[C@H](F)C6)nc4c3F)c21. The van der Waals surface area contributed by atoms with Crippen molar-refractivity contribution in [1.29, 1.82) is 0 Å². The van der Waals surface area contributed by atoms with Crippen LogP contribution < -0.4 is 20.7 Å². The minimum absolute atomic E-state index is 0.0782. The molecule has 43 heavy (non-hydrogen) atoms. The number of nitrogens with one attached hydrogen (secondary N) is 1. The number of hydrogen-bond donors (Lipinski definition) is 2. The van der Waals surface area contributed by atoms with E-state index < -0.39 is 12.0 Å². The number of rotatable bonds is 6. The van der Waals surface area contributed by atoms with Gasteiger partial charge in [-0.25, -0.2) is 8.78 Å². The van der Waals surface area contributed by atoms with E-state index in [0.717, 1.165) is 56.2 Å². The molecule has 2 bridgehead atoms. The van der Waals surface area contributed by atoms with Crippen molar-refractivity contribution in [3.63, 3.8) is 0 Å². The van der Waals surface area contributed by atoms with E-state index >= 15 is 4.39 Å². The molecule has 9 nitrogen and oxygen atoms in total. The number of piperazine rings is 1. The summed E-state index contributed by atoms with van der Waals surface area (Å²) in [5.41, 5.74) is 8.59. The van der Waals surface area contributed by atoms with Crippen molar-refractivity contribution in [3.05, 3.63) is 36.3 Å². The number of anilines is 2. The van der Waals surface area contributed by atoms with Gasteiger partial charge >= 0.3 is 6.01 Å². The minimum atomic E-state index is -0.859. The molecule has 0 radical (unpaired) electrons. The first-order valence-electron chi connectivity index (χ1n) is 15.6. The van der Waals surface area contributed by atoms with Crippen LogP contribution in [0.25, 0.3) is 32.9 Å². The van der Waals surface area contributed by atoms with Crippen LogP contribution in [0.1, 0.15) is 52.0 Å². The van der Waals surface area contributed by atoms with Crippen molar-refractivity contribution in [2.24, 2.45) is 0 Å². The molecule has 0 amide bonds. The summed E-state index contributed by atoms with van der Waals surface area (Å²) in [6.07, 6.45) is 5.49.